The van der Waals surface area contributed by atoms with Crippen molar-refractivity contribution in [3.05, 3.63) is 17.1 Å². The van der Waals surface area contributed by atoms with E-state index < -0.39 is 0 Å². The van der Waals surface area contributed by atoms with Crippen LogP contribution in [0.15, 0.2) is 0 Å². The van der Waals surface area contributed by atoms with Gasteiger partial charge in [-0.15, -0.1) is 0 Å². The van der Waals surface area contributed by atoms with Gasteiger partial charge in [-0.25, -0.2) is 9.97 Å². The number of thioether (sulfide) groups is 1. The van der Waals surface area contributed by atoms with Gasteiger partial charge in [0.25, 0.3) is 0 Å². The molecule has 1 aromatic heterocycles. The first-order chi connectivity index (χ1) is 8.88. The Morgan fingerprint density at radius 1 is 1.11 bits per heavy atom. The fourth-order valence-corrected chi connectivity index (χ4v) is 4.15. The second-order valence-electron chi connectivity index (χ2n) is 5.17. The van der Waals surface area contributed by atoms with Gasteiger partial charge >= 0.3 is 0 Å². The minimum Gasteiger partial charge on any atom is -0.373 e. The van der Waals surface area contributed by atoms with Gasteiger partial charge in [0, 0.05) is 18.3 Å². The molecule has 98 valence electrons. The molecule has 4 heteroatoms. The minimum atomic E-state index is 0.526. The zero-order valence-corrected chi connectivity index (χ0v) is 11.9. The van der Waals surface area contributed by atoms with E-state index in [-0.39, 0.29) is 0 Å². The summed E-state index contributed by atoms with van der Waals surface area (Å²) in [6.45, 7) is 0. The van der Waals surface area contributed by atoms with Crippen LogP contribution in [0, 0.1) is 0 Å². The maximum absolute atomic E-state index is 4.87. The Kier molecular flexibility index (Phi) is 3.73. The molecule has 0 amide bonds. The summed E-state index contributed by atoms with van der Waals surface area (Å²) in [5, 5.41) is 3.80. The summed E-state index contributed by atoms with van der Waals surface area (Å²) in [4.78, 5) is 9.66. The fraction of sp³-hybridized carbons (Fsp3) is 0.714. The van der Waals surface area contributed by atoms with E-state index in [9.17, 15) is 0 Å². The molecular weight excluding hydrogens is 242 g/mol. The van der Waals surface area contributed by atoms with Crippen LogP contribution in [-0.2, 0) is 12.8 Å². The summed E-state index contributed by atoms with van der Waals surface area (Å²) in [7, 11) is 1.98. The van der Waals surface area contributed by atoms with Crippen molar-refractivity contribution in [3.63, 3.8) is 0 Å². The standard InChI is InChI=1S/C14H21N3S/c1-15-13-10-6-2-3-7-11(10)16-14(17-13)12-8-4-5-9-18-12/h12H,2-9H2,1H3,(H,15,16,17). The number of rotatable bonds is 2. The van der Waals surface area contributed by atoms with Crippen molar-refractivity contribution in [3.8, 4) is 0 Å². The lowest BCUT2D eigenvalue weighted by Gasteiger charge is -2.24. The van der Waals surface area contributed by atoms with Gasteiger partial charge < -0.3 is 5.32 Å². The summed E-state index contributed by atoms with van der Waals surface area (Å²) >= 11 is 2.03. The molecule has 2 aliphatic rings. The lowest BCUT2D eigenvalue weighted by Crippen LogP contribution is -2.15. The van der Waals surface area contributed by atoms with Crippen molar-refractivity contribution in [2.24, 2.45) is 0 Å². The smallest absolute Gasteiger partial charge is 0.143 e. The van der Waals surface area contributed by atoms with E-state index in [1.807, 2.05) is 18.8 Å². The van der Waals surface area contributed by atoms with Crippen LogP contribution in [-0.4, -0.2) is 22.8 Å². The van der Waals surface area contributed by atoms with Crippen LogP contribution in [0.4, 0.5) is 5.82 Å². The van der Waals surface area contributed by atoms with Crippen molar-refractivity contribution in [2.75, 3.05) is 18.1 Å². The quantitative estimate of drug-likeness (QED) is 0.888. The number of fused-ring (bicyclic) bond motifs is 1. The summed E-state index contributed by atoms with van der Waals surface area (Å²) in [5.41, 5.74) is 2.68. The molecule has 3 nitrogen and oxygen atoms in total. The third kappa shape index (κ3) is 2.35. The SMILES string of the molecule is CNc1nc(C2CCCCS2)nc2c1CCCC2. The van der Waals surface area contributed by atoms with Gasteiger partial charge in [0.1, 0.15) is 11.6 Å². The molecule has 1 aromatic rings. The maximum Gasteiger partial charge on any atom is 0.143 e. The Balaban J connectivity index is 1.94. The van der Waals surface area contributed by atoms with E-state index in [4.69, 9.17) is 9.97 Å². The van der Waals surface area contributed by atoms with Crippen molar-refractivity contribution < 1.29 is 0 Å². The number of nitrogens with zero attached hydrogens (tertiary/aromatic N) is 2. The summed E-state index contributed by atoms with van der Waals surface area (Å²) in [6, 6.07) is 0. The fourth-order valence-electron chi connectivity index (χ4n) is 2.91. The summed E-state index contributed by atoms with van der Waals surface area (Å²) in [5.74, 6) is 3.42. The van der Waals surface area contributed by atoms with Crippen LogP contribution in [0.1, 0.15) is 54.4 Å². The number of hydrogen-bond acceptors (Lipinski definition) is 4. The van der Waals surface area contributed by atoms with Gasteiger partial charge in [-0.2, -0.15) is 11.8 Å². The van der Waals surface area contributed by atoms with Crippen LogP contribution in [0.25, 0.3) is 0 Å². The van der Waals surface area contributed by atoms with Gasteiger partial charge in [-0.1, -0.05) is 6.42 Å². The third-order valence-corrected chi connectivity index (χ3v) is 5.28. The normalized spacial score (nSPS) is 23.5. The second-order valence-corrected chi connectivity index (χ2v) is 6.48. The second kappa shape index (κ2) is 5.47. The Bertz CT molecular complexity index is 410. The summed E-state index contributed by atoms with van der Waals surface area (Å²) < 4.78 is 0. The first kappa shape index (κ1) is 12.3. The molecule has 18 heavy (non-hydrogen) atoms. The molecule has 0 spiro atoms. The molecule has 1 atom stereocenters. The molecule has 1 aliphatic heterocycles. The highest BCUT2D eigenvalue weighted by molar-refractivity contribution is 7.99. The zero-order valence-electron chi connectivity index (χ0n) is 11.0. The Hall–Kier alpha value is -0.770. The van der Waals surface area contributed by atoms with E-state index in [0.717, 1.165) is 24.5 Å². The van der Waals surface area contributed by atoms with Gasteiger partial charge in [-0.3, -0.25) is 0 Å². The van der Waals surface area contributed by atoms with E-state index >= 15 is 0 Å². The Morgan fingerprint density at radius 2 is 2.00 bits per heavy atom. The lowest BCUT2D eigenvalue weighted by atomic mass is 9.96. The van der Waals surface area contributed by atoms with Crippen molar-refractivity contribution in [1.29, 1.82) is 0 Å². The molecule has 1 unspecified atom stereocenters. The molecule has 3 rings (SSSR count). The van der Waals surface area contributed by atoms with Crippen LogP contribution in [0.2, 0.25) is 0 Å². The van der Waals surface area contributed by atoms with E-state index in [2.05, 4.69) is 5.32 Å². The molecule has 1 fully saturated rings. The number of aryl methyl sites for hydroxylation is 1. The molecule has 0 saturated carbocycles. The monoisotopic (exact) mass is 263 g/mol. The largest absolute Gasteiger partial charge is 0.373 e. The van der Waals surface area contributed by atoms with Crippen LogP contribution in [0.5, 0.6) is 0 Å². The molecule has 1 saturated heterocycles. The Morgan fingerprint density at radius 3 is 2.78 bits per heavy atom. The van der Waals surface area contributed by atoms with Crippen molar-refractivity contribution in [1.82, 2.24) is 9.97 Å². The highest BCUT2D eigenvalue weighted by Gasteiger charge is 2.23. The average Bonchev–Trinajstić information content (AvgIpc) is 2.47. The van der Waals surface area contributed by atoms with Crippen LogP contribution < -0.4 is 5.32 Å². The van der Waals surface area contributed by atoms with Gasteiger partial charge in [0.15, 0.2) is 0 Å². The minimum absolute atomic E-state index is 0.526. The molecular formula is C14H21N3S. The van der Waals surface area contributed by atoms with Gasteiger partial charge in [0.05, 0.1) is 5.25 Å². The topological polar surface area (TPSA) is 37.8 Å². The first-order valence-corrected chi connectivity index (χ1v) is 8.12. The van der Waals surface area contributed by atoms with Crippen LogP contribution >= 0.6 is 11.8 Å². The van der Waals surface area contributed by atoms with E-state index in [1.165, 1.54) is 49.1 Å². The molecule has 0 bridgehead atoms. The predicted octanol–water partition coefficient (Wildman–Crippen LogP) is 3.36. The zero-order chi connectivity index (χ0) is 12.4. The van der Waals surface area contributed by atoms with E-state index in [0.29, 0.717) is 5.25 Å². The van der Waals surface area contributed by atoms with Gasteiger partial charge in [-0.05, 0) is 44.3 Å². The van der Waals surface area contributed by atoms with Gasteiger partial charge in [0.2, 0.25) is 0 Å². The number of aromatic nitrogens is 2. The molecule has 2 heterocycles. The lowest BCUT2D eigenvalue weighted by molar-refractivity contribution is 0.630. The summed E-state index contributed by atoms with van der Waals surface area (Å²) in [6.07, 6.45) is 8.76. The predicted molar refractivity (Wildman–Crippen MR) is 77.3 cm³/mol. The van der Waals surface area contributed by atoms with E-state index in [1.54, 1.807) is 0 Å². The first-order valence-electron chi connectivity index (χ1n) is 7.07. The maximum atomic E-state index is 4.87. The average molecular weight is 263 g/mol. The van der Waals surface area contributed by atoms with Crippen molar-refractivity contribution in [2.45, 2.75) is 50.2 Å². The number of hydrogen-bond donors (Lipinski definition) is 1. The molecule has 0 radical (unpaired) electrons. The Labute approximate surface area is 113 Å². The third-order valence-electron chi connectivity index (χ3n) is 3.90. The number of nitrogens with one attached hydrogen (secondary N) is 1. The molecule has 1 N–H and O–H groups in total. The van der Waals surface area contributed by atoms with Crippen molar-refractivity contribution >= 4 is 17.6 Å². The highest BCUT2D eigenvalue weighted by Crippen LogP contribution is 2.38. The molecule has 0 aromatic carbocycles. The van der Waals surface area contributed by atoms with Crippen LogP contribution in [0.3, 0.4) is 0 Å². The highest BCUT2D eigenvalue weighted by atomic mass is 32.2. The number of anilines is 1. The molecule has 1 aliphatic carbocycles.